The molecule has 0 saturated heterocycles. The fourth-order valence-electron chi connectivity index (χ4n) is 2.46. The summed E-state index contributed by atoms with van der Waals surface area (Å²) >= 11 is 1.16. The van der Waals surface area contributed by atoms with Gasteiger partial charge in [0, 0.05) is 6.54 Å². The van der Waals surface area contributed by atoms with E-state index in [-0.39, 0.29) is 17.8 Å². The second kappa shape index (κ2) is 5.92. The molecule has 1 saturated carbocycles. The summed E-state index contributed by atoms with van der Waals surface area (Å²) in [5.74, 6) is -0.394. The minimum absolute atomic E-state index is 0.0390. The lowest BCUT2D eigenvalue weighted by atomic mass is 9.67. The normalized spacial score (nSPS) is 17.2. The average molecular weight is 285 g/mol. The van der Waals surface area contributed by atoms with Gasteiger partial charge in [0.2, 0.25) is 0 Å². The first-order chi connectivity index (χ1) is 9.10. The van der Waals surface area contributed by atoms with Crippen molar-refractivity contribution in [1.82, 2.24) is 14.8 Å². The number of carbonyl (C=O) groups is 1. The van der Waals surface area contributed by atoms with Crippen molar-refractivity contribution in [2.75, 3.05) is 5.75 Å². The predicted octanol–water partition coefficient (Wildman–Crippen LogP) is 1.53. The third kappa shape index (κ3) is 3.09. The number of hydrogen-bond donors (Lipinski definition) is 2. The zero-order valence-electron chi connectivity index (χ0n) is 11.0. The van der Waals surface area contributed by atoms with Crippen LogP contribution in [0.1, 0.15) is 38.4 Å². The van der Waals surface area contributed by atoms with Crippen molar-refractivity contribution in [3.8, 4) is 0 Å². The number of rotatable bonds is 7. The summed E-state index contributed by atoms with van der Waals surface area (Å²) in [4.78, 5) is 10.6. The molecule has 6 nitrogen and oxygen atoms in total. The molecule has 0 amide bonds. The van der Waals surface area contributed by atoms with E-state index in [2.05, 4.69) is 17.1 Å². The molecular weight excluding hydrogens is 266 g/mol. The number of aliphatic carboxylic acids is 1. The van der Waals surface area contributed by atoms with Crippen LogP contribution in [0.5, 0.6) is 0 Å². The predicted molar refractivity (Wildman–Crippen MR) is 70.9 cm³/mol. The molecule has 19 heavy (non-hydrogen) atoms. The van der Waals surface area contributed by atoms with Crippen molar-refractivity contribution in [2.24, 2.45) is 5.41 Å². The molecule has 0 atom stereocenters. The monoisotopic (exact) mass is 285 g/mol. The van der Waals surface area contributed by atoms with E-state index in [0.717, 1.165) is 24.7 Å². The smallest absolute Gasteiger partial charge is 0.313 e. The lowest BCUT2D eigenvalue weighted by molar-refractivity contribution is -0.133. The van der Waals surface area contributed by atoms with Crippen LogP contribution in [-0.4, -0.2) is 36.7 Å². The number of hydrogen-bond acceptors (Lipinski definition) is 5. The summed E-state index contributed by atoms with van der Waals surface area (Å²) in [6.45, 7) is 2.78. The fraction of sp³-hybridized carbons (Fsp3) is 0.750. The second-order valence-electron chi connectivity index (χ2n) is 5.03. The molecule has 0 aromatic carbocycles. The highest BCUT2D eigenvalue weighted by Crippen LogP contribution is 2.45. The van der Waals surface area contributed by atoms with Crippen LogP contribution in [-0.2, 0) is 17.9 Å². The Morgan fingerprint density at radius 2 is 2.21 bits per heavy atom. The van der Waals surface area contributed by atoms with E-state index >= 15 is 0 Å². The number of thioether (sulfide) groups is 1. The van der Waals surface area contributed by atoms with E-state index in [1.54, 1.807) is 0 Å². The van der Waals surface area contributed by atoms with Gasteiger partial charge in [0.15, 0.2) is 11.0 Å². The van der Waals surface area contributed by atoms with Crippen molar-refractivity contribution >= 4 is 17.7 Å². The molecule has 1 heterocycles. The SMILES string of the molecule is CCC1(Cn2c(CO)nnc2SCC(=O)O)CCC1. The molecule has 1 aliphatic rings. The van der Waals surface area contributed by atoms with Crippen molar-refractivity contribution < 1.29 is 15.0 Å². The number of aromatic nitrogens is 3. The van der Waals surface area contributed by atoms with Crippen LogP contribution in [0, 0.1) is 5.41 Å². The Kier molecular flexibility index (Phi) is 4.46. The van der Waals surface area contributed by atoms with Gasteiger partial charge in [-0.2, -0.15) is 0 Å². The summed E-state index contributed by atoms with van der Waals surface area (Å²) in [7, 11) is 0. The standard InChI is InChI=1S/C12H19N3O3S/c1-2-12(4-3-5-12)8-15-9(6-16)13-14-11(15)19-7-10(17)18/h16H,2-8H2,1H3,(H,17,18). The molecule has 1 fully saturated rings. The fourth-order valence-corrected chi connectivity index (χ4v) is 3.14. The van der Waals surface area contributed by atoms with Gasteiger partial charge in [0.25, 0.3) is 0 Å². The van der Waals surface area contributed by atoms with Crippen LogP contribution >= 0.6 is 11.8 Å². The third-order valence-electron chi connectivity index (χ3n) is 3.92. The maximum absolute atomic E-state index is 10.6. The Balaban J connectivity index is 2.16. The number of carboxylic acids is 1. The first kappa shape index (κ1) is 14.3. The first-order valence-electron chi connectivity index (χ1n) is 6.48. The van der Waals surface area contributed by atoms with Gasteiger partial charge in [-0.15, -0.1) is 10.2 Å². The number of aliphatic hydroxyl groups excluding tert-OH is 1. The molecule has 106 valence electrons. The van der Waals surface area contributed by atoms with Gasteiger partial charge < -0.3 is 14.8 Å². The van der Waals surface area contributed by atoms with Crippen LogP contribution in [0.25, 0.3) is 0 Å². The summed E-state index contributed by atoms with van der Waals surface area (Å²) in [6.07, 6.45) is 4.67. The van der Waals surface area contributed by atoms with Crippen molar-refractivity contribution in [3.05, 3.63) is 5.82 Å². The first-order valence-corrected chi connectivity index (χ1v) is 7.46. The number of carboxylic acid groups (broad SMARTS) is 1. The quantitative estimate of drug-likeness (QED) is 0.739. The van der Waals surface area contributed by atoms with Gasteiger partial charge in [-0.1, -0.05) is 25.1 Å². The average Bonchev–Trinajstić information content (AvgIpc) is 2.73. The minimum Gasteiger partial charge on any atom is -0.481 e. The van der Waals surface area contributed by atoms with Crippen LogP contribution in [0.2, 0.25) is 0 Å². The van der Waals surface area contributed by atoms with Crippen LogP contribution < -0.4 is 0 Å². The molecule has 0 spiro atoms. The van der Waals surface area contributed by atoms with E-state index in [1.165, 1.54) is 19.3 Å². The van der Waals surface area contributed by atoms with Gasteiger partial charge in [-0.25, -0.2) is 0 Å². The molecule has 1 aliphatic carbocycles. The molecular formula is C12H19N3O3S. The van der Waals surface area contributed by atoms with Crippen molar-refractivity contribution in [2.45, 2.75) is 50.9 Å². The van der Waals surface area contributed by atoms with E-state index < -0.39 is 5.97 Å². The molecule has 0 unspecified atom stereocenters. The Morgan fingerprint density at radius 1 is 1.47 bits per heavy atom. The Hall–Kier alpha value is -1.08. The maximum Gasteiger partial charge on any atom is 0.313 e. The maximum atomic E-state index is 10.6. The lowest BCUT2D eigenvalue weighted by Gasteiger charge is -2.41. The number of nitrogens with zero attached hydrogens (tertiary/aromatic N) is 3. The lowest BCUT2D eigenvalue weighted by Crippen LogP contribution is -2.34. The largest absolute Gasteiger partial charge is 0.481 e. The highest BCUT2D eigenvalue weighted by atomic mass is 32.2. The highest BCUT2D eigenvalue weighted by molar-refractivity contribution is 7.99. The van der Waals surface area contributed by atoms with Crippen molar-refractivity contribution in [3.63, 3.8) is 0 Å². The van der Waals surface area contributed by atoms with Crippen molar-refractivity contribution in [1.29, 1.82) is 0 Å². The van der Waals surface area contributed by atoms with E-state index in [1.807, 2.05) is 4.57 Å². The Bertz CT molecular complexity index is 452. The molecule has 0 radical (unpaired) electrons. The van der Waals surface area contributed by atoms with Gasteiger partial charge in [-0.05, 0) is 24.7 Å². The van der Waals surface area contributed by atoms with Gasteiger partial charge in [0.1, 0.15) is 6.61 Å². The zero-order chi connectivity index (χ0) is 13.9. The zero-order valence-corrected chi connectivity index (χ0v) is 11.8. The van der Waals surface area contributed by atoms with E-state index in [9.17, 15) is 9.90 Å². The summed E-state index contributed by atoms with van der Waals surface area (Å²) in [5.41, 5.74) is 0.269. The Labute approximate surface area is 116 Å². The Morgan fingerprint density at radius 3 is 2.68 bits per heavy atom. The summed E-state index contributed by atoms with van der Waals surface area (Å²) in [5, 5.41) is 26.6. The summed E-state index contributed by atoms with van der Waals surface area (Å²) in [6, 6.07) is 0. The molecule has 1 aromatic rings. The van der Waals surface area contributed by atoms with E-state index in [4.69, 9.17) is 5.11 Å². The molecule has 7 heteroatoms. The molecule has 0 aliphatic heterocycles. The van der Waals surface area contributed by atoms with E-state index in [0.29, 0.717) is 11.0 Å². The number of aliphatic hydroxyl groups is 1. The second-order valence-corrected chi connectivity index (χ2v) is 5.98. The molecule has 1 aromatic heterocycles. The van der Waals surface area contributed by atoms with Crippen LogP contribution in [0.15, 0.2) is 5.16 Å². The highest BCUT2D eigenvalue weighted by Gasteiger charge is 2.36. The third-order valence-corrected chi connectivity index (χ3v) is 4.87. The van der Waals surface area contributed by atoms with Gasteiger partial charge in [0.05, 0.1) is 5.75 Å². The van der Waals surface area contributed by atoms with Gasteiger partial charge in [-0.3, -0.25) is 4.79 Å². The summed E-state index contributed by atoms with van der Waals surface area (Å²) < 4.78 is 1.89. The minimum atomic E-state index is -0.876. The van der Waals surface area contributed by atoms with Gasteiger partial charge >= 0.3 is 5.97 Å². The molecule has 2 N–H and O–H groups in total. The van der Waals surface area contributed by atoms with Crippen LogP contribution in [0.3, 0.4) is 0 Å². The van der Waals surface area contributed by atoms with Crippen LogP contribution in [0.4, 0.5) is 0 Å². The molecule has 2 rings (SSSR count). The molecule has 0 bridgehead atoms. The topological polar surface area (TPSA) is 88.2 Å².